The van der Waals surface area contributed by atoms with Gasteiger partial charge in [0.25, 0.3) is 0 Å². The fourth-order valence-electron chi connectivity index (χ4n) is 0.574. The van der Waals surface area contributed by atoms with Gasteiger partial charge in [-0.1, -0.05) is 30.3 Å². The van der Waals surface area contributed by atoms with Crippen LogP contribution >= 0.6 is 12.2 Å². The van der Waals surface area contributed by atoms with Gasteiger partial charge in [-0.15, -0.1) is 4.20 Å². The summed E-state index contributed by atoms with van der Waals surface area (Å²) in [6.07, 6.45) is 0. The van der Waals surface area contributed by atoms with Crippen molar-refractivity contribution in [3.05, 3.63) is 35.9 Å². The van der Waals surface area contributed by atoms with Gasteiger partial charge in [-0.2, -0.15) is 0 Å². The smallest absolute Gasteiger partial charge is 0.428 e. The second kappa shape index (κ2) is 5.77. The molecule has 0 bridgehead atoms. The molecule has 0 heterocycles. The van der Waals surface area contributed by atoms with Crippen LogP contribution in [0.3, 0.4) is 0 Å². The van der Waals surface area contributed by atoms with Crippen molar-refractivity contribution in [2.75, 3.05) is 0 Å². The summed E-state index contributed by atoms with van der Waals surface area (Å²) in [5.41, 5.74) is 0.961. The topological polar surface area (TPSA) is 0 Å². The van der Waals surface area contributed by atoms with Gasteiger partial charge in [0.15, 0.2) is 0 Å². The minimum atomic E-state index is 0. The quantitative estimate of drug-likeness (QED) is 0.315. The van der Waals surface area contributed by atoms with Crippen molar-refractivity contribution in [3.63, 3.8) is 0 Å². The van der Waals surface area contributed by atoms with Crippen molar-refractivity contribution in [2.45, 2.75) is 0 Å². The van der Waals surface area contributed by atoms with Crippen LogP contribution in [0, 0.1) is 0 Å². The minimum absolute atomic E-state index is 0. The standard InChI is InChI=1S/C7H6S2.K/c8-7(9)6-4-2-1-3-5-6;/h1-5H,(H,8,9);/q;+1/p-1. The fourth-order valence-corrected chi connectivity index (χ4v) is 0.846. The summed E-state index contributed by atoms with van der Waals surface area (Å²) in [6, 6.07) is 9.61. The molecule has 0 aliphatic rings. The third-order valence-electron chi connectivity index (χ3n) is 1.01. The summed E-state index contributed by atoms with van der Waals surface area (Å²) >= 11 is 9.55. The largest absolute Gasteiger partial charge is 1.00 e. The van der Waals surface area contributed by atoms with Gasteiger partial charge >= 0.3 is 51.4 Å². The maximum absolute atomic E-state index is 4.78. The van der Waals surface area contributed by atoms with Crippen LogP contribution in [0.4, 0.5) is 0 Å². The summed E-state index contributed by atoms with van der Waals surface area (Å²) < 4.78 is 0.538. The summed E-state index contributed by atoms with van der Waals surface area (Å²) in [6.45, 7) is 0. The first-order valence-corrected chi connectivity index (χ1v) is 3.39. The third kappa shape index (κ3) is 3.53. The maximum Gasteiger partial charge on any atom is 1.00 e. The molecule has 46 valence electrons. The van der Waals surface area contributed by atoms with Crippen molar-refractivity contribution >= 4 is 29.0 Å². The first-order valence-electron chi connectivity index (χ1n) is 2.57. The van der Waals surface area contributed by atoms with E-state index in [1.165, 1.54) is 0 Å². The average molecular weight is 192 g/mol. The molecule has 0 saturated heterocycles. The van der Waals surface area contributed by atoms with Crippen LogP contribution in [0.25, 0.3) is 0 Å². The van der Waals surface area contributed by atoms with E-state index in [0.29, 0.717) is 4.20 Å². The Bertz CT molecular complexity index is 208. The Morgan fingerprint density at radius 3 is 2.00 bits per heavy atom. The summed E-state index contributed by atoms with van der Waals surface area (Å²) in [5.74, 6) is 0. The van der Waals surface area contributed by atoms with Crippen molar-refractivity contribution < 1.29 is 51.4 Å². The Hall–Kier alpha value is 1.17. The Morgan fingerprint density at radius 2 is 1.70 bits per heavy atom. The van der Waals surface area contributed by atoms with Crippen molar-refractivity contribution in [1.29, 1.82) is 0 Å². The molecule has 3 heteroatoms. The molecule has 0 saturated carbocycles. The second-order valence-electron chi connectivity index (χ2n) is 1.65. The van der Waals surface area contributed by atoms with Crippen molar-refractivity contribution in [3.8, 4) is 0 Å². The SMILES string of the molecule is S=C([S-])c1ccccc1.[K+]. The molecule has 1 aromatic carbocycles. The Balaban J connectivity index is 0.000000810. The van der Waals surface area contributed by atoms with E-state index in [9.17, 15) is 0 Å². The minimum Gasteiger partial charge on any atom is -0.428 e. The number of thiocarbonyl (C=S) groups is 1. The van der Waals surface area contributed by atoms with E-state index >= 15 is 0 Å². The monoisotopic (exact) mass is 192 g/mol. The van der Waals surface area contributed by atoms with Gasteiger partial charge in [0.2, 0.25) is 0 Å². The molecule has 0 atom stereocenters. The van der Waals surface area contributed by atoms with Crippen LogP contribution in [-0.2, 0) is 12.6 Å². The van der Waals surface area contributed by atoms with Crippen molar-refractivity contribution in [1.82, 2.24) is 0 Å². The normalized spacial score (nSPS) is 8.00. The summed E-state index contributed by atoms with van der Waals surface area (Å²) in [5, 5.41) is 0. The Kier molecular flexibility index (Phi) is 6.44. The van der Waals surface area contributed by atoms with Crippen molar-refractivity contribution in [2.24, 2.45) is 0 Å². The zero-order chi connectivity index (χ0) is 6.69. The fraction of sp³-hybridized carbons (Fsp3) is 0. The molecule has 0 fully saturated rings. The maximum atomic E-state index is 4.78. The molecular formula is C7H5KS2. The number of hydrogen-bond donors (Lipinski definition) is 0. The van der Waals surface area contributed by atoms with Gasteiger partial charge in [-0.05, 0) is 5.56 Å². The molecule has 0 aliphatic heterocycles. The van der Waals surface area contributed by atoms with Crippen LogP contribution in [0.15, 0.2) is 30.3 Å². The number of benzene rings is 1. The van der Waals surface area contributed by atoms with Crippen LogP contribution in [0.1, 0.15) is 5.56 Å². The molecule has 1 rings (SSSR count). The second-order valence-corrected chi connectivity index (χ2v) is 2.73. The number of rotatable bonds is 1. The van der Waals surface area contributed by atoms with Crippen LogP contribution in [-0.4, -0.2) is 4.20 Å². The zero-order valence-corrected chi connectivity index (χ0v) is 10.5. The molecule has 0 amide bonds. The predicted octanol–water partition coefficient (Wildman–Crippen LogP) is -1.09. The van der Waals surface area contributed by atoms with Crippen LogP contribution in [0.5, 0.6) is 0 Å². The van der Waals surface area contributed by atoms with E-state index in [2.05, 4.69) is 0 Å². The van der Waals surface area contributed by atoms with Crippen LogP contribution < -0.4 is 51.4 Å². The molecule has 0 spiro atoms. The van der Waals surface area contributed by atoms with Crippen LogP contribution in [0.2, 0.25) is 0 Å². The molecule has 0 N–H and O–H groups in total. The Labute approximate surface area is 114 Å². The predicted molar refractivity (Wildman–Crippen MR) is 45.5 cm³/mol. The van der Waals surface area contributed by atoms with Gasteiger partial charge in [-0.3, -0.25) is 0 Å². The third-order valence-corrected chi connectivity index (χ3v) is 1.48. The van der Waals surface area contributed by atoms with E-state index < -0.39 is 0 Å². The number of hydrogen-bond acceptors (Lipinski definition) is 2. The Morgan fingerprint density at radius 1 is 1.20 bits per heavy atom. The van der Waals surface area contributed by atoms with Gasteiger partial charge < -0.3 is 24.8 Å². The van der Waals surface area contributed by atoms with E-state index in [-0.39, 0.29) is 51.4 Å². The molecule has 0 radical (unpaired) electrons. The first-order chi connectivity index (χ1) is 4.30. The van der Waals surface area contributed by atoms with Gasteiger partial charge in [0.05, 0.1) is 0 Å². The van der Waals surface area contributed by atoms with Gasteiger partial charge in [0.1, 0.15) is 0 Å². The molecule has 0 nitrogen and oxygen atoms in total. The molecule has 0 aliphatic carbocycles. The van der Waals surface area contributed by atoms with E-state index in [4.69, 9.17) is 24.8 Å². The van der Waals surface area contributed by atoms with E-state index in [1.807, 2.05) is 30.3 Å². The molecular weight excluding hydrogens is 187 g/mol. The van der Waals surface area contributed by atoms with Gasteiger partial charge in [-0.25, -0.2) is 0 Å². The van der Waals surface area contributed by atoms with E-state index in [1.54, 1.807) is 0 Å². The van der Waals surface area contributed by atoms with Gasteiger partial charge in [0, 0.05) is 0 Å². The average Bonchev–Trinajstić information content (AvgIpc) is 1.90. The van der Waals surface area contributed by atoms with E-state index in [0.717, 1.165) is 5.56 Å². The summed E-state index contributed by atoms with van der Waals surface area (Å²) in [4.78, 5) is 0. The molecule has 10 heavy (non-hydrogen) atoms. The molecule has 1 aromatic rings. The summed E-state index contributed by atoms with van der Waals surface area (Å²) in [7, 11) is 0. The first kappa shape index (κ1) is 11.2. The molecule has 0 unspecified atom stereocenters. The molecule has 0 aromatic heterocycles. The zero-order valence-electron chi connectivity index (χ0n) is 5.70.